The molecule has 1 N–H and O–H groups in total. The van der Waals surface area contributed by atoms with Crippen LogP contribution in [0.15, 0.2) is 60.7 Å². The van der Waals surface area contributed by atoms with E-state index in [1.54, 1.807) is 30.3 Å². The first kappa shape index (κ1) is 24.2. The summed E-state index contributed by atoms with van der Waals surface area (Å²) in [5.74, 6) is -1.55. The van der Waals surface area contributed by atoms with Crippen LogP contribution in [0.2, 0.25) is 5.02 Å². The number of nitrogens with one attached hydrogen (secondary N) is 1. The predicted molar refractivity (Wildman–Crippen MR) is 134 cm³/mol. The number of rotatable bonds is 4. The van der Waals surface area contributed by atoms with Crippen LogP contribution in [0.25, 0.3) is 0 Å². The van der Waals surface area contributed by atoms with Gasteiger partial charge in [0.2, 0.25) is 0 Å². The number of esters is 1. The zero-order chi connectivity index (χ0) is 25.1. The number of Topliss-reactive ketones (excluding diaryl/α,β-unsaturated/α-hetero) is 1. The van der Waals surface area contributed by atoms with E-state index < -0.39 is 5.97 Å². The van der Waals surface area contributed by atoms with Gasteiger partial charge in [-0.1, -0.05) is 29.8 Å². The Hall–Kier alpha value is -3.97. The van der Waals surface area contributed by atoms with E-state index in [9.17, 15) is 19.2 Å². The second kappa shape index (κ2) is 10.1. The highest BCUT2D eigenvalue weighted by atomic mass is 35.5. The molecule has 3 aromatic rings. The third kappa shape index (κ3) is 4.95. The van der Waals surface area contributed by atoms with E-state index in [0.29, 0.717) is 41.2 Å². The quantitative estimate of drug-likeness (QED) is 0.500. The van der Waals surface area contributed by atoms with Crippen molar-refractivity contribution < 1.29 is 23.9 Å². The van der Waals surface area contributed by atoms with Gasteiger partial charge in [-0.3, -0.25) is 14.4 Å². The lowest BCUT2D eigenvalue weighted by molar-refractivity contribution is 0.0601. The Labute approximate surface area is 207 Å². The number of fused-ring (bicyclic) bond motifs is 1. The van der Waals surface area contributed by atoms with Crippen molar-refractivity contribution in [3.8, 4) is 0 Å². The number of ketones is 1. The zero-order valence-corrected chi connectivity index (χ0v) is 20.0. The average Bonchev–Trinajstić information content (AvgIpc) is 3.02. The zero-order valence-electron chi connectivity index (χ0n) is 19.3. The van der Waals surface area contributed by atoms with E-state index in [0.717, 1.165) is 5.56 Å². The first-order valence-electron chi connectivity index (χ1n) is 11.0. The van der Waals surface area contributed by atoms with Gasteiger partial charge in [0.15, 0.2) is 5.78 Å². The fraction of sp³-hybridized carbons (Fsp3) is 0.185. The van der Waals surface area contributed by atoms with E-state index in [2.05, 4.69) is 5.32 Å². The molecule has 4 rings (SSSR count). The monoisotopic (exact) mass is 490 g/mol. The van der Waals surface area contributed by atoms with Crippen LogP contribution >= 0.6 is 11.6 Å². The molecule has 0 fully saturated rings. The van der Waals surface area contributed by atoms with Gasteiger partial charge in [-0.2, -0.15) is 0 Å². The van der Waals surface area contributed by atoms with Crippen LogP contribution < -0.4 is 10.2 Å². The molecule has 8 heteroatoms. The minimum absolute atomic E-state index is 0.0440. The number of halogens is 1. The number of nitrogens with zero attached hydrogens (tertiary/aromatic N) is 1. The van der Waals surface area contributed by atoms with E-state index in [-0.39, 0.29) is 34.4 Å². The van der Waals surface area contributed by atoms with Gasteiger partial charge in [0.25, 0.3) is 11.8 Å². The van der Waals surface area contributed by atoms with E-state index in [1.165, 1.54) is 30.2 Å². The first-order chi connectivity index (χ1) is 16.8. The van der Waals surface area contributed by atoms with Crippen LogP contribution in [0.1, 0.15) is 59.8 Å². The standard InChI is InChI=1S/C27H23ClN2O5/c1-16-6-3-4-7-19(16)25(32)29-22-11-9-17(14-20(22)27(34)35-2)26(33)30-13-5-8-24(31)21-15-18(28)10-12-23(21)30/h3-4,6-7,9-12,14-15H,5,8,13H2,1-2H3,(H,29,32). The summed E-state index contributed by atoms with van der Waals surface area (Å²) in [6, 6.07) is 16.3. The molecule has 0 atom stereocenters. The van der Waals surface area contributed by atoms with Gasteiger partial charge in [0.05, 0.1) is 24.0 Å². The minimum atomic E-state index is -0.696. The predicted octanol–water partition coefficient (Wildman–Crippen LogP) is 5.31. The van der Waals surface area contributed by atoms with Crippen molar-refractivity contribution in [1.29, 1.82) is 0 Å². The van der Waals surface area contributed by atoms with Crippen molar-refractivity contribution in [2.45, 2.75) is 19.8 Å². The van der Waals surface area contributed by atoms with E-state index in [4.69, 9.17) is 16.3 Å². The highest BCUT2D eigenvalue weighted by Crippen LogP contribution is 2.31. The number of benzene rings is 3. The van der Waals surface area contributed by atoms with E-state index >= 15 is 0 Å². The Morgan fingerprint density at radius 1 is 1.00 bits per heavy atom. The van der Waals surface area contributed by atoms with Crippen LogP contribution in [0.3, 0.4) is 0 Å². The second-order valence-electron chi connectivity index (χ2n) is 8.17. The highest BCUT2D eigenvalue weighted by molar-refractivity contribution is 6.31. The van der Waals surface area contributed by atoms with E-state index in [1.807, 2.05) is 19.1 Å². The molecule has 7 nitrogen and oxygen atoms in total. The van der Waals surface area contributed by atoms with Crippen LogP contribution in [0.5, 0.6) is 0 Å². The third-order valence-electron chi connectivity index (χ3n) is 5.89. The molecule has 2 amide bonds. The Kier molecular flexibility index (Phi) is 6.98. The fourth-order valence-corrected chi connectivity index (χ4v) is 4.24. The molecular formula is C27H23ClN2O5. The van der Waals surface area contributed by atoms with Gasteiger partial charge in [0, 0.05) is 34.7 Å². The molecule has 0 saturated carbocycles. The Morgan fingerprint density at radius 3 is 2.51 bits per heavy atom. The van der Waals surface area contributed by atoms with Gasteiger partial charge in [-0.15, -0.1) is 0 Å². The molecule has 35 heavy (non-hydrogen) atoms. The maximum Gasteiger partial charge on any atom is 0.340 e. The molecule has 1 aliphatic rings. The maximum absolute atomic E-state index is 13.5. The number of ether oxygens (including phenoxy) is 1. The largest absolute Gasteiger partial charge is 0.465 e. The van der Waals surface area contributed by atoms with Gasteiger partial charge in [-0.25, -0.2) is 4.79 Å². The lowest BCUT2D eigenvalue weighted by atomic mass is 10.0. The van der Waals surface area contributed by atoms with Crippen molar-refractivity contribution in [3.05, 3.63) is 93.5 Å². The van der Waals surface area contributed by atoms with Gasteiger partial charge in [0.1, 0.15) is 0 Å². The van der Waals surface area contributed by atoms with Gasteiger partial charge in [-0.05, 0) is 61.4 Å². The number of hydrogen-bond donors (Lipinski definition) is 1. The molecule has 3 aromatic carbocycles. The second-order valence-corrected chi connectivity index (χ2v) is 8.60. The lowest BCUT2D eigenvalue weighted by Gasteiger charge is -2.23. The smallest absolute Gasteiger partial charge is 0.340 e. The summed E-state index contributed by atoms with van der Waals surface area (Å²) < 4.78 is 4.90. The number of methoxy groups -OCH3 is 1. The summed E-state index contributed by atoms with van der Waals surface area (Å²) in [5.41, 5.74) is 2.59. The summed E-state index contributed by atoms with van der Waals surface area (Å²) in [5, 5.41) is 3.15. The molecule has 0 aliphatic carbocycles. The molecule has 1 heterocycles. The number of carbonyl (C=O) groups excluding carboxylic acids is 4. The minimum Gasteiger partial charge on any atom is -0.465 e. The van der Waals surface area contributed by atoms with Crippen molar-refractivity contribution in [3.63, 3.8) is 0 Å². The summed E-state index contributed by atoms with van der Waals surface area (Å²) in [4.78, 5) is 52.9. The van der Waals surface area contributed by atoms with Crippen LogP contribution in [0, 0.1) is 6.92 Å². The van der Waals surface area contributed by atoms with Crippen molar-refractivity contribution in [2.24, 2.45) is 0 Å². The number of anilines is 2. The summed E-state index contributed by atoms with van der Waals surface area (Å²) >= 11 is 6.08. The SMILES string of the molecule is COC(=O)c1cc(C(=O)N2CCCC(=O)c3cc(Cl)ccc32)ccc1NC(=O)c1ccccc1C. The van der Waals surface area contributed by atoms with Crippen LogP contribution in [0.4, 0.5) is 11.4 Å². The van der Waals surface area contributed by atoms with Gasteiger partial charge < -0.3 is 15.0 Å². The summed E-state index contributed by atoms with van der Waals surface area (Å²) in [7, 11) is 1.23. The fourth-order valence-electron chi connectivity index (χ4n) is 4.07. The molecule has 0 unspecified atom stereocenters. The number of hydrogen-bond acceptors (Lipinski definition) is 5. The molecular weight excluding hydrogens is 468 g/mol. The molecule has 0 bridgehead atoms. The molecule has 0 radical (unpaired) electrons. The Morgan fingerprint density at radius 2 is 1.77 bits per heavy atom. The molecule has 0 spiro atoms. The lowest BCUT2D eigenvalue weighted by Crippen LogP contribution is -2.32. The molecule has 0 aromatic heterocycles. The summed E-state index contributed by atoms with van der Waals surface area (Å²) in [6.07, 6.45) is 0.791. The highest BCUT2D eigenvalue weighted by Gasteiger charge is 2.27. The van der Waals surface area contributed by atoms with Crippen LogP contribution in [-0.4, -0.2) is 37.2 Å². The van der Waals surface area contributed by atoms with Gasteiger partial charge >= 0.3 is 5.97 Å². The molecule has 178 valence electrons. The molecule has 0 saturated heterocycles. The van der Waals surface area contributed by atoms with Crippen LogP contribution in [-0.2, 0) is 4.74 Å². The Balaban J connectivity index is 1.70. The average molecular weight is 491 g/mol. The topological polar surface area (TPSA) is 92.8 Å². The molecule has 1 aliphatic heterocycles. The normalized spacial score (nSPS) is 13.0. The number of aryl methyl sites for hydroxylation is 1. The third-order valence-corrected chi connectivity index (χ3v) is 6.13. The maximum atomic E-state index is 13.5. The number of amides is 2. The van der Waals surface area contributed by atoms with Crippen molar-refractivity contribution in [1.82, 2.24) is 0 Å². The van der Waals surface area contributed by atoms with Crippen molar-refractivity contribution in [2.75, 3.05) is 23.9 Å². The first-order valence-corrected chi connectivity index (χ1v) is 11.4. The summed E-state index contributed by atoms with van der Waals surface area (Å²) in [6.45, 7) is 2.15. The Bertz CT molecular complexity index is 1350. The van der Waals surface area contributed by atoms with Crippen molar-refractivity contribution >= 4 is 46.5 Å². The number of carbonyl (C=O) groups is 4.